The second-order valence-corrected chi connectivity index (χ2v) is 12.3. The van der Waals surface area contributed by atoms with Gasteiger partial charge < -0.3 is 32.0 Å². The number of amides is 4. The zero-order valence-electron chi connectivity index (χ0n) is 26.2. The van der Waals surface area contributed by atoms with E-state index in [2.05, 4.69) is 21.3 Å². The van der Waals surface area contributed by atoms with Gasteiger partial charge in [0.05, 0.1) is 0 Å². The van der Waals surface area contributed by atoms with Crippen LogP contribution < -0.4 is 38.2 Å². The number of hydrogen-bond donors (Lipinski definition) is 7. The molecule has 0 aliphatic carbocycles. The number of halogens is 1. The molecule has 14 heteroatoms. The molecule has 1 aromatic heterocycles. The predicted octanol–water partition coefficient (Wildman–Crippen LogP) is 0.377. The van der Waals surface area contributed by atoms with Gasteiger partial charge in [0.2, 0.25) is 23.5 Å². The first kappa shape index (κ1) is 35.9. The molecule has 0 saturated heterocycles. The smallest absolute Gasteiger partial charge is 0.326 e. The molecule has 0 spiro atoms. The van der Waals surface area contributed by atoms with E-state index >= 15 is 0 Å². The largest absolute Gasteiger partial charge is 0.349 e. The summed E-state index contributed by atoms with van der Waals surface area (Å²) in [6.45, 7) is 12.6. The van der Waals surface area contributed by atoms with Crippen molar-refractivity contribution >= 4 is 23.6 Å². The molecule has 13 nitrogen and oxygen atoms in total. The summed E-state index contributed by atoms with van der Waals surface area (Å²) < 4.78 is 14.0. The van der Waals surface area contributed by atoms with E-state index in [1.165, 1.54) is 0 Å². The van der Waals surface area contributed by atoms with Gasteiger partial charge in [-0.3, -0.25) is 29.0 Å². The van der Waals surface area contributed by atoms with Crippen LogP contribution in [-0.2, 0) is 20.8 Å². The SMILES string of the molecule is Cc1ccccc1CC(C)(C)NC(=O)[C@H](CC(C)C)NC(=O)[C@@H](NC(=O)[C@@H](N)CNC(=O)c1[nH]c(=O)[nH]c(=O)c1F)C(C)C. The van der Waals surface area contributed by atoms with Crippen LogP contribution >= 0.6 is 0 Å². The minimum absolute atomic E-state index is 0.0645. The lowest BCUT2D eigenvalue weighted by Gasteiger charge is -2.31. The number of rotatable bonds is 14. The Bertz CT molecular complexity index is 1470. The molecular weight excluding hydrogens is 573 g/mol. The summed E-state index contributed by atoms with van der Waals surface area (Å²) in [6.07, 6.45) is 0.930. The molecule has 1 aromatic carbocycles. The van der Waals surface area contributed by atoms with Gasteiger partial charge in [-0.1, -0.05) is 52.0 Å². The Morgan fingerprint density at radius 3 is 2.18 bits per heavy atom. The van der Waals surface area contributed by atoms with Crippen LogP contribution in [0.3, 0.4) is 0 Å². The van der Waals surface area contributed by atoms with E-state index in [9.17, 15) is 33.2 Å². The van der Waals surface area contributed by atoms with Gasteiger partial charge in [0.15, 0.2) is 0 Å². The van der Waals surface area contributed by atoms with Crippen LogP contribution in [0.25, 0.3) is 0 Å². The van der Waals surface area contributed by atoms with Crippen LogP contribution in [0.15, 0.2) is 33.9 Å². The van der Waals surface area contributed by atoms with Crippen molar-refractivity contribution in [3.8, 4) is 0 Å². The van der Waals surface area contributed by atoms with Crippen LogP contribution in [-0.4, -0.2) is 63.8 Å². The molecule has 0 aliphatic rings. The van der Waals surface area contributed by atoms with E-state index < -0.39 is 76.6 Å². The maximum atomic E-state index is 14.0. The van der Waals surface area contributed by atoms with Crippen molar-refractivity contribution in [2.75, 3.05) is 6.54 Å². The fourth-order valence-corrected chi connectivity index (χ4v) is 4.52. The Hall–Kier alpha value is -4.33. The van der Waals surface area contributed by atoms with Crippen molar-refractivity contribution in [1.29, 1.82) is 0 Å². The summed E-state index contributed by atoms with van der Waals surface area (Å²) in [5.41, 5.74) is 4.08. The third-order valence-electron chi connectivity index (χ3n) is 6.87. The van der Waals surface area contributed by atoms with Crippen LogP contribution in [0.4, 0.5) is 4.39 Å². The number of aryl methyl sites for hydroxylation is 1. The molecule has 1 heterocycles. The molecule has 2 rings (SSSR count). The second kappa shape index (κ2) is 15.4. The molecule has 0 saturated carbocycles. The molecule has 0 fully saturated rings. The van der Waals surface area contributed by atoms with Gasteiger partial charge in [0.25, 0.3) is 11.5 Å². The highest BCUT2D eigenvalue weighted by atomic mass is 19.1. The Morgan fingerprint density at radius 1 is 0.955 bits per heavy atom. The molecule has 44 heavy (non-hydrogen) atoms. The first-order valence-corrected chi connectivity index (χ1v) is 14.4. The van der Waals surface area contributed by atoms with E-state index in [0.29, 0.717) is 12.8 Å². The van der Waals surface area contributed by atoms with Crippen LogP contribution in [0, 0.1) is 24.6 Å². The Morgan fingerprint density at radius 2 is 1.59 bits per heavy atom. The van der Waals surface area contributed by atoms with E-state index in [4.69, 9.17) is 5.73 Å². The number of hydrogen-bond acceptors (Lipinski definition) is 7. The van der Waals surface area contributed by atoms with Crippen molar-refractivity contribution in [3.05, 3.63) is 67.7 Å². The first-order chi connectivity index (χ1) is 20.4. The number of aromatic amines is 2. The number of carbonyl (C=O) groups is 4. The van der Waals surface area contributed by atoms with Crippen molar-refractivity contribution in [2.45, 2.75) is 85.0 Å². The summed E-state index contributed by atoms with van der Waals surface area (Å²) in [6, 6.07) is 4.57. The van der Waals surface area contributed by atoms with E-state index in [1.54, 1.807) is 18.8 Å². The van der Waals surface area contributed by atoms with Gasteiger partial charge in [0, 0.05) is 12.1 Å². The summed E-state index contributed by atoms with van der Waals surface area (Å²) in [7, 11) is 0. The molecule has 2 aromatic rings. The number of carbonyl (C=O) groups excluding carboxylic acids is 4. The molecule has 4 amide bonds. The van der Waals surface area contributed by atoms with Crippen molar-refractivity contribution in [2.24, 2.45) is 17.6 Å². The number of aromatic nitrogens is 2. The van der Waals surface area contributed by atoms with E-state index in [-0.39, 0.29) is 11.8 Å². The van der Waals surface area contributed by atoms with Crippen molar-refractivity contribution in [3.63, 3.8) is 0 Å². The maximum Gasteiger partial charge on any atom is 0.326 e. The Labute approximate surface area is 255 Å². The zero-order chi connectivity index (χ0) is 33.4. The second-order valence-electron chi connectivity index (χ2n) is 12.3. The fourth-order valence-electron chi connectivity index (χ4n) is 4.52. The third-order valence-corrected chi connectivity index (χ3v) is 6.87. The van der Waals surface area contributed by atoms with Gasteiger partial charge in [-0.15, -0.1) is 0 Å². The maximum absolute atomic E-state index is 14.0. The topological polar surface area (TPSA) is 208 Å². The molecule has 0 radical (unpaired) electrons. The van der Waals surface area contributed by atoms with E-state index in [1.807, 2.05) is 63.9 Å². The van der Waals surface area contributed by atoms with Gasteiger partial charge in [-0.05, 0) is 56.6 Å². The highest BCUT2D eigenvalue weighted by Gasteiger charge is 2.32. The molecule has 0 bridgehead atoms. The lowest BCUT2D eigenvalue weighted by molar-refractivity contribution is -0.134. The molecule has 0 aliphatic heterocycles. The van der Waals surface area contributed by atoms with Crippen LogP contribution in [0.1, 0.15) is 69.6 Å². The monoisotopic (exact) mass is 617 g/mol. The summed E-state index contributed by atoms with van der Waals surface area (Å²) >= 11 is 0. The van der Waals surface area contributed by atoms with Gasteiger partial charge in [-0.2, -0.15) is 4.39 Å². The molecule has 242 valence electrons. The zero-order valence-corrected chi connectivity index (χ0v) is 26.2. The van der Waals surface area contributed by atoms with Crippen molar-refractivity contribution in [1.82, 2.24) is 31.2 Å². The summed E-state index contributed by atoms with van der Waals surface area (Å²) in [5, 5.41) is 10.6. The van der Waals surface area contributed by atoms with E-state index in [0.717, 1.165) is 11.1 Å². The minimum atomic E-state index is -1.50. The first-order valence-electron chi connectivity index (χ1n) is 14.4. The summed E-state index contributed by atoms with van der Waals surface area (Å²) in [4.78, 5) is 78.2. The Kier molecular flexibility index (Phi) is 12.6. The average Bonchev–Trinajstić information content (AvgIpc) is 2.91. The lowest BCUT2D eigenvalue weighted by Crippen LogP contribution is -2.60. The molecule has 8 N–H and O–H groups in total. The minimum Gasteiger partial charge on any atom is -0.349 e. The molecular formula is C30H44FN7O6. The van der Waals surface area contributed by atoms with Crippen LogP contribution in [0.5, 0.6) is 0 Å². The van der Waals surface area contributed by atoms with Gasteiger partial charge in [0.1, 0.15) is 23.8 Å². The quantitative estimate of drug-likeness (QED) is 0.158. The average molecular weight is 618 g/mol. The number of H-pyrrole nitrogens is 2. The van der Waals surface area contributed by atoms with Crippen LogP contribution in [0.2, 0.25) is 0 Å². The fraction of sp³-hybridized carbons (Fsp3) is 0.533. The van der Waals surface area contributed by atoms with Crippen molar-refractivity contribution < 1.29 is 23.6 Å². The lowest BCUT2D eigenvalue weighted by atomic mass is 9.91. The number of benzene rings is 1. The third kappa shape index (κ3) is 10.4. The molecule has 0 unspecified atom stereocenters. The number of nitrogens with one attached hydrogen (secondary N) is 6. The normalized spacial score (nSPS) is 13.6. The highest BCUT2D eigenvalue weighted by Crippen LogP contribution is 2.17. The molecule has 3 atom stereocenters. The summed E-state index contributed by atoms with van der Waals surface area (Å²) in [5.74, 6) is -4.77. The van der Waals surface area contributed by atoms with Gasteiger partial charge in [-0.25, -0.2) is 4.79 Å². The van der Waals surface area contributed by atoms with Gasteiger partial charge >= 0.3 is 5.69 Å². The Balaban J connectivity index is 2.08. The highest BCUT2D eigenvalue weighted by molar-refractivity contribution is 5.95. The predicted molar refractivity (Wildman–Crippen MR) is 163 cm³/mol. The standard InChI is InChI=1S/C30H44FN7O6/c1-15(2)12-20(25(40)38-30(6,7)13-18-11-9-8-10-17(18)5)34-28(43)22(16(3)4)35-24(39)19(32)14-33-27(42)23-21(31)26(41)37-29(44)36-23/h8-11,15-16,19-20,22H,12-14,32H2,1-7H3,(H,33,42)(H,34,43)(H,35,39)(H,38,40)(H2,36,37,41,44)/t19-,20-,22-/m0/s1. The number of nitrogens with two attached hydrogens (primary N) is 1.